The molecule has 0 saturated heterocycles. The summed E-state index contributed by atoms with van der Waals surface area (Å²) >= 11 is 0. The Morgan fingerprint density at radius 3 is 2.00 bits per heavy atom. The van der Waals surface area contributed by atoms with E-state index in [1.165, 1.54) is 0 Å². The van der Waals surface area contributed by atoms with E-state index in [0.29, 0.717) is 0 Å². The van der Waals surface area contributed by atoms with Crippen LogP contribution < -0.4 is 0 Å². The van der Waals surface area contributed by atoms with Gasteiger partial charge >= 0.3 is 0 Å². The Labute approximate surface area is 52.0 Å². The second-order valence-corrected chi connectivity index (χ2v) is 7.95. The fraction of sp³-hybridized carbons (Fsp3) is 0.833. The lowest BCUT2D eigenvalue weighted by molar-refractivity contribution is 1.22. The number of rotatable bonds is 2. The molecular formula is C6H13NP+. The molecule has 1 nitrogen and oxygen atoms in total. The first-order valence-corrected chi connectivity index (χ1v) is 6.05. The van der Waals surface area contributed by atoms with Gasteiger partial charge in [-0.2, -0.15) is 5.26 Å². The lowest BCUT2D eigenvalue weighted by Gasteiger charge is -2.07. The molecule has 0 N–H and O–H groups in total. The fourth-order valence-electron chi connectivity index (χ4n) is 0.385. The zero-order valence-electron chi connectivity index (χ0n) is 5.81. The highest BCUT2D eigenvalue weighted by molar-refractivity contribution is 7.73. The summed E-state index contributed by atoms with van der Waals surface area (Å²) in [5.74, 6) is 0. The lowest BCUT2D eigenvalue weighted by atomic mass is 10.6. The molecule has 0 aromatic carbocycles. The van der Waals surface area contributed by atoms with Crippen LogP contribution in [0.4, 0.5) is 0 Å². The summed E-state index contributed by atoms with van der Waals surface area (Å²) in [7, 11) is -0.655. The average Bonchev–Trinajstić information content (AvgIpc) is 1.59. The van der Waals surface area contributed by atoms with Crippen LogP contribution in [0, 0.1) is 11.3 Å². The molecule has 0 spiro atoms. The third kappa shape index (κ3) is 5.92. The summed E-state index contributed by atoms with van der Waals surface area (Å²) < 4.78 is 0. The predicted molar refractivity (Wildman–Crippen MR) is 39.8 cm³/mol. The monoisotopic (exact) mass is 130 g/mol. The molecular weight excluding hydrogens is 117 g/mol. The molecule has 0 aromatic heterocycles. The van der Waals surface area contributed by atoms with Crippen molar-refractivity contribution in [3.05, 3.63) is 0 Å². The number of hydrogen-bond acceptors (Lipinski definition) is 1. The van der Waals surface area contributed by atoms with E-state index in [4.69, 9.17) is 5.26 Å². The normalized spacial score (nSPS) is 10.8. The Morgan fingerprint density at radius 1 is 1.38 bits per heavy atom. The number of nitrogens with zero attached hydrogens (tertiary/aromatic N) is 1. The van der Waals surface area contributed by atoms with Crippen molar-refractivity contribution in [2.45, 2.75) is 6.42 Å². The highest BCUT2D eigenvalue weighted by atomic mass is 31.2. The Bertz CT molecular complexity index is 96.1. The van der Waals surface area contributed by atoms with Crippen LogP contribution in [0.5, 0.6) is 0 Å². The zero-order chi connectivity index (χ0) is 6.62. The molecule has 2 heteroatoms. The minimum absolute atomic E-state index is 0.655. The zero-order valence-corrected chi connectivity index (χ0v) is 6.70. The SMILES string of the molecule is C[P+](C)(C)CCC#N. The molecule has 0 atom stereocenters. The van der Waals surface area contributed by atoms with Gasteiger partial charge in [-0.05, 0) is 0 Å². The van der Waals surface area contributed by atoms with E-state index in [9.17, 15) is 0 Å². The molecule has 0 aliphatic heterocycles. The summed E-state index contributed by atoms with van der Waals surface area (Å²) in [5.41, 5.74) is 0. The Hall–Kier alpha value is -0.0800. The molecule has 0 radical (unpaired) electrons. The summed E-state index contributed by atoms with van der Waals surface area (Å²) in [6.45, 7) is 6.76. The maximum absolute atomic E-state index is 8.20. The van der Waals surface area contributed by atoms with Gasteiger partial charge in [0, 0.05) is 27.3 Å². The molecule has 0 aromatic rings. The van der Waals surface area contributed by atoms with Gasteiger partial charge in [0.05, 0.1) is 18.7 Å². The molecule has 0 rings (SSSR count). The highest BCUT2D eigenvalue weighted by Gasteiger charge is 2.14. The highest BCUT2D eigenvalue weighted by Crippen LogP contribution is 2.46. The van der Waals surface area contributed by atoms with Crippen molar-refractivity contribution < 1.29 is 0 Å². The van der Waals surface area contributed by atoms with E-state index >= 15 is 0 Å². The first-order valence-electron chi connectivity index (χ1n) is 2.74. The van der Waals surface area contributed by atoms with Crippen LogP contribution in [0.15, 0.2) is 0 Å². The minimum atomic E-state index is -0.655. The molecule has 0 amide bonds. The Kier molecular flexibility index (Phi) is 3.02. The van der Waals surface area contributed by atoms with E-state index in [0.717, 1.165) is 12.6 Å². The molecule has 0 heterocycles. The van der Waals surface area contributed by atoms with Crippen molar-refractivity contribution in [3.8, 4) is 6.07 Å². The number of hydrogen-bond donors (Lipinski definition) is 0. The Balaban J connectivity index is 3.28. The van der Waals surface area contributed by atoms with E-state index in [1.807, 2.05) is 0 Å². The first kappa shape index (κ1) is 7.92. The van der Waals surface area contributed by atoms with Crippen molar-refractivity contribution in [1.82, 2.24) is 0 Å². The third-order valence-corrected chi connectivity index (χ3v) is 2.46. The van der Waals surface area contributed by atoms with Gasteiger partial charge in [0.25, 0.3) is 0 Å². The molecule has 0 aliphatic rings. The summed E-state index contributed by atoms with van der Waals surface area (Å²) in [4.78, 5) is 0. The van der Waals surface area contributed by atoms with E-state index in [-0.39, 0.29) is 0 Å². The molecule has 8 heavy (non-hydrogen) atoms. The first-order chi connectivity index (χ1) is 3.56. The molecule has 0 fully saturated rings. The quantitative estimate of drug-likeness (QED) is 0.523. The van der Waals surface area contributed by atoms with Gasteiger partial charge in [-0.25, -0.2) is 0 Å². The fourth-order valence-corrected chi connectivity index (χ4v) is 1.16. The molecule has 0 saturated carbocycles. The lowest BCUT2D eigenvalue weighted by Crippen LogP contribution is -1.90. The van der Waals surface area contributed by atoms with Crippen molar-refractivity contribution in [3.63, 3.8) is 0 Å². The van der Waals surface area contributed by atoms with Gasteiger partial charge in [0.15, 0.2) is 0 Å². The average molecular weight is 130 g/mol. The minimum Gasteiger partial charge on any atom is -0.198 e. The second kappa shape index (κ2) is 3.05. The van der Waals surface area contributed by atoms with Crippen LogP contribution in [-0.4, -0.2) is 26.2 Å². The van der Waals surface area contributed by atoms with Gasteiger partial charge in [0.2, 0.25) is 0 Å². The van der Waals surface area contributed by atoms with Gasteiger partial charge in [0.1, 0.15) is 0 Å². The van der Waals surface area contributed by atoms with Crippen LogP contribution in [-0.2, 0) is 0 Å². The van der Waals surface area contributed by atoms with Gasteiger partial charge in [-0.15, -0.1) is 0 Å². The Morgan fingerprint density at radius 2 is 1.88 bits per heavy atom. The van der Waals surface area contributed by atoms with Gasteiger partial charge < -0.3 is 0 Å². The number of nitriles is 1. The van der Waals surface area contributed by atoms with Crippen LogP contribution in [0.1, 0.15) is 6.42 Å². The van der Waals surface area contributed by atoms with E-state index in [1.54, 1.807) is 0 Å². The predicted octanol–water partition coefficient (Wildman–Crippen LogP) is 1.81. The van der Waals surface area contributed by atoms with Crippen molar-refractivity contribution >= 4 is 7.26 Å². The van der Waals surface area contributed by atoms with E-state index in [2.05, 4.69) is 26.1 Å². The maximum Gasteiger partial charge on any atom is 0.0716 e. The van der Waals surface area contributed by atoms with Crippen LogP contribution >= 0.6 is 7.26 Å². The van der Waals surface area contributed by atoms with Crippen molar-refractivity contribution in [2.24, 2.45) is 0 Å². The standard InChI is InChI=1S/C6H13NP/c1-8(2,3)6-4-5-7/h4,6H2,1-3H3/q+1. The molecule has 0 bridgehead atoms. The second-order valence-electron chi connectivity index (χ2n) is 2.92. The summed E-state index contributed by atoms with van der Waals surface area (Å²) in [5, 5.41) is 8.20. The van der Waals surface area contributed by atoms with E-state index < -0.39 is 7.26 Å². The van der Waals surface area contributed by atoms with Crippen molar-refractivity contribution in [2.75, 3.05) is 26.2 Å². The topological polar surface area (TPSA) is 23.8 Å². The van der Waals surface area contributed by atoms with Gasteiger partial charge in [-0.1, -0.05) is 0 Å². The summed E-state index contributed by atoms with van der Waals surface area (Å²) in [6, 6.07) is 2.15. The van der Waals surface area contributed by atoms with Crippen molar-refractivity contribution in [1.29, 1.82) is 5.26 Å². The maximum atomic E-state index is 8.20. The van der Waals surface area contributed by atoms with Gasteiger partial charge in [-0.3, -0.25) is 0 Å². The molecule has 0 unspecified atom stereocenters. The molecule has 0 aliphatic carbocycles. The summed E-state index contributed by atoms with van der Waals surface area (Å²) in [6.07, 6.45) is 1.85. The van der Waals surface area contributed by atoms with Crippen LogP contribution in [0.3, 0.4) is 0 Å². The van der Waals surface area contributed by atoms with Crippen LogP contribution in [0.25, 0.3) is 0 Å². The largest absolute Gasteiger partial charge is 0.198 e. The third-order valence-electron chi connectivity index (χ3n) is 0.894. The molecule has 46 valence electrons. The smallest absolute Gasteiger partial charge is 0.0716 e. The van der Waals surface area contributed by atoms with Crippen LogP contribution in [0.2, 0.25) is 0 Å².